The Morgan fingerprint density at radius 1 is 1.00 bits per heavy atom. The number of benzene rings is 2. The number of aromatic hydroxyl groups is 1. The average molecular weight is 291 g/mol. The first kappa shape index (κ1) is 14.6. The molecule has 0 saturated heterocycles. The summed E-state index contributed by atoms with van der Waals surface area (Å²) < 4.78 is 26.1. The zero-order valence-corrected chi connectivity index (χ0v) is 12.3. The highest BCUT2D eigenvalue weighted by Gasteiger charge is 2.20. The highest BCUT2D eigenvalue weighted by molar-refractivity contribution is 7.89. The van der Waals surface area contributed by atoms with Gasteiger partial charge in [0.1, 0.15) is 5.75 Å². The van der Waals surface area contributed by atoms with Crippen LogP contribution >= 0.6 is 0 Å². The lowest BCUT2D eigenvalue weighted by Crippen LogP contribution is -2.26. The molecule has 2 rings (SSSR count). The van der Waals surface area contributed by atoms with E-state index in [4.69, 9.17) is 0 Å². The highest BCUT2D eigenvalue weighted by Crippen LogP contribution is 2.18. The van der Waals surface area contributed by atoms with E-state index in [1.54, 1.807) is 55.6 Å². The molecule has 2 aromatic carbocycles. The molecule has 0 heterocycles. The van der Waals surface area contributed by atoms with E-state index in [-0.39, 0.29) is 17.2 Å². The van der Waals surface area contributed by atoms with Crippen LogP contribution in [0.3, 0.4) is 0 Å². The van der Waals surface area contributed by atoms with Crippen LogP contribution in [-0.4, -0.2) is 24.9 Å². The van der Waals surface area contributed by atoms with E-state index in [0.717, 1.165) is 11.1 Å². The maximum atomic E-state index is 12.4. The fraction of sp³-hybridized carbons (Fsp3) is 0.200. The van der Waals surface area contributed by atoms with Gasteiger partial charge in [0, 0.05) is 13.6 Å². The molecule has 0 aromatic heterocycles. The molecule has 20 heavy (non-hydrogen) atoms. The molecule has 106 valence electrons. The summed E-state index contributed by atoms with van der Waals surface area (Å²) in [5.74, 6) is 0.165. The highest BCUT2D eigenvalue weighted by atomic mass is 32.2. The summed E-state index contributed by atoms with van der Waals surface area (Å²) in [4.78, 5) is 0.282. The Balaban J connectivity index is 2.21. The Hall–Kier alpha value is -1.85. The molecule has 0 aliphatic heterocycles. The molecule has 0 aliphatic carbocycles. The summed E-state index contributed by atoms with van der Waals surface area (Å²) in [6.07, 6.45) is 0. The quantitative estimate of drug-likeness (QED) is 0.941. The van der Waals surface area contributed by atoms with Gasteiger partial charge >= 0.3 is 0 Å². The second-order valence-corrected chi connectivity index (χ2v) is 6.79. The first-order valence-corrected chi connectivity index (χ1v) is 7.64. The van der Waals surface area contributed by atoms with Crippen molar-refractivity contribution in [2.75, 3.05) is 7.05 Å². The summed E-state index contributed by atoms with van der Waals surface area (Å²) in [6, 6.07) is 13.3. The molecule has 0 radical (unpaired) electrons. The summed E-state index contributed by atoms with van der Waals surface area (Å²) in [7, 11) is -1.95. The van der Waals surface area contributed by atoms with Gasteiger partial charge < -0.3 is 5.11 Å². The number of phenolic OH excluding ortho intramolecular Hbond substituents is 1. The standard InChI is InChI=1S/C15H17NO3S/c1-12-3-9-15(10-4-12)20(18,19)16(2)11-13-5-7-14(17)8-6-13/h3-10,17H,11H2,1-2H3. The third kappa shape index (κ3) is 3.18. The molecule has 0 fully saturated rings. The summed E-state index contributed by atoms with van der Waals surface area (Å²) in [6.45, 7) is 2.17. The van der Waals surface area contributed by atoms with Gasteiger partial charge in [0.05, 0.1) is 4.90 Å². The van der Waals surface area contributed by atoms with Crippen molar-refractivity contribution in [3.8, 4) is 5.75 Å². The predicted molar refractivity (Wildman–Crippen MR) is 77.9 cm³/mol. The van der Waals surface area contributed by atoms with Gasteiger partial charge in [-0.3, -0.25) is 0 Å². The average Bonchev–Trinajstić information content (AvgIpc) is 2.42. The van der Waals surface area contributed by atoms with Crippen LogP contribution in [0, 0.1) is 6.92 Å². The zero-order valence-electron chi connectivity index (χ0n) is 11.4. The van der Waals surface area contributed by atoms with Crippen molar-refractivity contribution in [1.29, 1.82) is 0 Å². The normalized spacial score (nSPS) is 11.8. The van der Waals surface area contributed by atoms with Crippen molar-refractivity contribution in [3.05, 3.63) is 59.7 Å². The first-order valence-electron chi connectivity index (χ1n) is 6.20. The topological polar surface area (TPSA) is 57.6 Å². The molecule has 0 atom stereocenters. The van der Waals surface area contributed by atoms with Crippen LogP contribution in [0.5, 0.6) is 5.75 Å². The molecule has 2 aromatic rings. The van der Waals surface area contributed by atoms with E-state index >= 15 is 0 Å². The summed E-state index contributed by atoms with van der Waals surface area (Å²) >= 11 is 0. The molecule has 0 aliphatic rings. The van der Waals surface area contributed by atoms with Crippen LogP contribution < -0.4 is 0 Å². The second kappa shape index (κ2) is 5.64. The van der Waals surface area contributed by atoms with Crippen LogP contribution in [0.15, 0.2) is 53.4 Å². The third-order valence-corrected chi connectivity index (χ3v) is 4.89. The predicted octanol–water partition coefficient (Wildman–Crippen LogP) is 2.52. The lowest BCUT2D eigenvalue weighted by molar-refractivity contribution is 0.463. The summed E-state index contributed by atoms with van der Waals surface area (Å²) in [5, 5.41) is 9.22. The maximum absolute atomic E-state index is 12.4. The van der Waals surface area contributed by atoms with Crippen molar-refractivity contribution in [1.82, 2.24) is 4.31 Å². The van der Waals surface area contributed by atoms with Gasteiger partial charge in [-0.25, -0.2) is 8.42 Å². The number of hydrogen-bond donors (Lipinski definition) is 1. The third-order valence-electron chi connectivity index (χ3n) is 3.07. The number of aryl methyl sites for hydroxylation is 1. The molecule has 0 amide bonds. The molecule has 0 unspecified atom stereocenters. The lowest BCUT2D eigenvalue weighted by atomic mass is 10.2. The van der Waals surface area contributed by atoms with Crippen molar-refractivity contribution >= 4 is 10.0 Å². The van der Waals surface area contributed by atoms with Crippen LogP contribution in [0.4, 0.5) is 0 Å². The monoisotopic (exact) mass is 291 g/mol. The van der Waals surface area contributed by atoms with Crippen molar-refractivity contribution in [2.24, 2.45) is 0 Å². The molecule has 0 bridgehead atoms. The van der Waals surface area contributed by atoms with Crippen LogP contribution in [0.1, 0.15) is 11.1 Å². The van der Waals surface area contributed by atoms with Gasteiger partial charge in [-0.05, 0) is 36.8 Å². The van der Waals surface area contributed by atoms with E-state index in [2.05, 4.69) is 0 Å². The first-order chi connectivity index (χ1) is 9.39. The minimum Gasteiger partial charge on any atom is -0.508 e. The smallest absolute Gasteiger partial charge is 0.243 e. The molecular formula is C15H17NO3S. The molecular weight excluding hydrogens is 274 g/mol. The van der Waals surface area contributed by atoms with E-state index in [1.165, 1.54) is 4.31 Å². The fourth-order valence-corrected chi connectivity index (χ4v) is 2.99. The Bertz CT molecular complexity index is 676. The van der Waals surface area contributed by atoms with Gasteiger partial charge in [-0.1, -0.05) is 29.8 Å². The van der Waals surface area contributed by atoms with Crippen LogP contribution in [0.25, 0.3) is 0 Å². The zero-order chi connectivity index (χ0) is 14.8. The Morgan fingerprint density at radius 2 is 1.55 bits per heavy atom. The number of rotatable bonds is 4. The van der Waals surface area contributed by atoms with Gasteiger partial charge in [-0.15, -0.1) is 0 Å². The van der Waals surface area contributed by atoms with Crippen LogP contribution in [0.2, 0.25) is 0 Å². The number of nitrogens with zero attached hydrogens (tertiary/aromatic N) is 1. The Labute approximate surface area is 119 Å². The van der Waals surface area contributed by atoms with Gasteiger partial charge in [0.25, 0.3) is 0 Å². The summed E-state index contributed by atoms with van der Waals surface area (Å²) in [5.41, 5.74) is 1.84. The van der Waals surface area contributed by atoms with Gasteiger partial charge in [0.15, 0.2) is 0 Å². The van der Waals surface area contributed by atoms with E-state index in [1.807, 2.05) is 6.92 Å². The minimum atomic E-state index is -3.49. The van der Waals surface area contributed by atoms with E-state index in [0.29, 0.717) is 0 Å². The molecule has 5 heteroatoms. The Morgan fingerprint density at radius 3 is 2.10 bits per heavy atom. The molecule has 0 saturated carbocycles. The number of hydrogen-bond acceptors (Lipinski definition) is 3. The second-order valence-electron chi connectivity index (χ2n) is 4.74. The lowest BCUT2D eigenvalue weighted by Gasteiger charge is -2.17. The van der Waals surface area contributed by atoms with Gasteiger partial charge in [0.2, 0.25) is 10.0 Å². The SMILES string of the molecule is Cc1ccc(S(=O)(=O)N(C)Cc2ccc(O)cc2)cc1. The van der Waals surface area contributed by atoms with E-state index in [9.17, 15) is 13.5 Å². The molecule has 1 N–H and O–H groups in total. The molecule has 4 nitrogen and oxygen atoms in total. The van der Waals surface area contributed by atoms with Crippen molar-refractivity contribution in [2.45, 2.75) is 18.4 Å². The fourth-order valence-electron chi connectivity index (χ4n) is 1.83. The van der Waals surface area contributed by atoms with Crippen molar-refractivity contribution < 1.29 is 13.5 Å². The number of phenols is 1. The van der Waals surface area contributed by atoms with Gasteiger partial charge in [-0.2, -0.15) is 4.31 Å². The van der Waals surface area contributed by atoms with Crippen molar-refractivity contribution in [3.63, 3.8) is 0 Å². The largest absolute Gasteiger partial charge is 0.508 e. The molecule has 0 spiro atoms. The number of sulfonamides is 1. The minimum absolute atomic E-state index is 0.165. The Kier molecular flexibility index (Phi) is 4.11. The van der Waals surface area contributed by atoms with E-state index < -0.39 is 10.0 Å². The van der Waals surface area contributed by atoms with Crippen LogP contribution in [-0.2, 0) is 16.6 Å². The maximum Gasteiger partial charge on any atom is 0.243 e.